The summed E-state index contributed by atoms with van der Waals surface area (Å²) in [4.78, 5) is 13.9. The van der Waals surface area contributed by atoms with Crippen molar-refractivity contribution >= 4 is 22.5 Å². The fourth-order valence-electron chi connectivity index (χ4n) is 3.20. The minimum absolute atomic E-state index is 0.0350. The molecule has 4 rings (SSSR count). The summed E-state index contributed by atoms with van der Waals surface area (Å²) in [5.74, 6) is 0.704. The molecule has 0 unspecified atom stereocenters. The van der Waals surface area contributed by atoms with E-state index in [1.54, 1.807) is 22.6 Å². The third-order valence-electron chi connectivity index (χ3n) is 4.76. The number of carbonyl (C=O) groups is 1. The predicted octanol–water partition coefficient (Wildman–Crippen LogP) is 3.04. The number of pyridine rings is 1. The lowest BCUT2D eigenvalue weighted by molar-refractivity contribution is -0.130. The summed E-state index contributed by atoms with van der Waals surface area (Å²) in [5.41, 5.74) is 4.88. The minimum Gasteiger partial charge on any atom is -0.467 e. The second kappa shape index (κ2) is 6.25. The maximum Gasteiger partial charge on any atom is 0.220 e. The van der Waals surface area contributed by atoms with E-state index < -0.39 is 0 Å². The molecule has 0 aliphatic carbocycles. The number of hydrogen-bond acceptors (Lipinski definition) is 5. The molecule has 7 nitrogen and oxygen atoms in total. The van der Waals surface area contributed by atoms with Crippen LogP contribution in [0.25, 0.3) is 16.6 Å². The van der Waals surface area contributed by atoms with E-state index in [9.17, 15) is 4.79 Å². The van der Waals surface area contributed by atoms with Gasteiger partial charge in [-0.2, -0.15) is 4.52 Å². The number of amides is 1. The molecular formula is C19H19N5O2. The number of benzene rings is 1. The van der Waals surface area contributed by atoms with Gasteiger partial charge in [0.05, 0.1) is 18.3 Å². The minimum atomic E-state index is -0.0350. The Morgan fingerprint density at radius 3 is 2.81 bits per heavy atom. The Hall–Kier alpha value is -3.22. The molecule has 0 saturated carbocycles. The standard InChI is InChI=1S/C19H19N5O2/c1-12-6-7-15-9-16(19-20-21-22-24(19)18(15)13(12)2)10-23(14(3)25)11-17-5-4-8-26-17/h4-9H,10-11H2,1-3H3. The lowest BCUT2D eigenvalue weighted by Gasteiger charge is -2.20. The number of furan rings is 1. The summed E-state index contributed by atoms with van der Waals surface area (Å²) in [6.45, 7) is 6.50. The molecule has 0 aliphatic heterocycles. The Balaban J connectivity index is 1.81. The van der Waals surface area contributed by atoms with E-state index >= 15 is 0 Å². The van der Waals surface area contributed by atoms with Crippen LogP contribution >= 0.6 is 0 Å². The fraction of sp³-hybridized carbons (Fsp3) is 0.263. The van der Waals surface area contributed by atoms with Gasteiger partial charge in [-0.1, -0.05) is 12.1 Å². The van der Waals surface area contributed by atoms with Crippen LogP contribution in [-0.2, 0) is 17.9 Å². The molecule has 0 radical (unpaired) electrons. The van der Waals surface area contributed by atoms with Crippen LogP contribution in [0.1, 0.15) is 29.4 Å². The van der Waals surface area contributed by atoms with Crippen LogP contribution in [0.5, 0.6) is 0 Å². The van der Waals surface area contributed by atoms with Gasteiger partial charge < -0.3 is 9.32 Å². The summed E-state index contributed by atoms with van der Waals surface area (Å²) in [7, 11) is 0. The molecule has 3 heterocycles. The topological polar surface area (TPSA) is 76.5 Å². The smallest absolute Gasteiger partial charge is 0.220 e. The maximum absolute atomic E-state index is 12.1. The van der Waals surface area contributed by atoms with Crippen molar-refractivity contribution in [2.45, 2.75) is 33.9 Å². The van der Waals surface area contributed by atoms with Gasteiger partial charge in [0.25, 0.3) is 0 Å². The predicted molar refractivity (Wildman–Crippen MR) is 96.4 cm³/mol. The summed E-state index contributed by atoms with van der Waals surface area (Å²) in [6, 6.07) is 9.88. The van der Waals surface area contributed by atoms with E-state index in [0.29, 0.717) is 18.7 Å². The maximum atomic E-state index is 12.1. The molecule has 1 aromatic carbocycles. The Kier molecular flexibility index (Phi) is 3.91. The average molecular weight is 349 g/mol. The Bertz CT molecular complexity index is 1100. The van der Waals surface area contributed by atoms with Gasteiger partial charge in [-0.25, -0.2) is 0 Å². The van der Waals surface area contributed by atoms with E-state index in [1.807, 2.05) is 12.1 Å². The first-order valence-corrected chi connectivity index (χ1v) is 8.42. The second-order valence-corrected chi connectivity index (χ2v) is 6.48. The van der Waals surface area contributed by atoms with E-state index in [4.69, 9.17) is 4.42 Å². The van der Waals surface area contributed by atoms with Crippen LogP contribution in [0.4, 0.5) is 0 Å². The van der Waals surface area contributed by atoms with E-state index in [-0.39, 0.29) is 5.91 Å². The van der Waals surface area contributed by atoms with Gasteiger partial charge in [0.15, 0.2) is 5.65 Å². The van der Waals surface area contributed by atoms with Crippen molar-refractivity contribution in [3.05, 3.63) is 59.0 Å². The SMILES string of the molecule is CC(=O)N(Cc1ccco1)Cc1cc2ccc(C)c(C)c2n2nnnc12. The van der Waals surface area contributed by atoms with E-state index in [1.165, 1.54) is 5.56 Å². The summed E-state index contributed by atoms with van der Waals surface area (Å²) >= 11 is 0. The van der Waals surface area contributed by atoms with Crippen molar-refractivity contribution in [2.75, 3.05) is 0 Å². The molecule has 4 aromatic rings. The van der Waals surface area contributed by atoms with Crippen LogP contribution in [0, 0.1) is 13.8 Å². The van der Waals surface area contributed by atoms with Gasteiger partial charge in [0, 0.05) is 24.4 Å². The zero-order valence-corrected chi connectivity index (χ0v) is 14.9. The highest BCUT2D eigenvalue weighted by Gasteiger charge is 2.17. The number of aromatic nitrogens is 4. The molecule has 0 spiro atoms. The van der Waals surface area contributed by atoms with E-state index in [2.05, 4.69) is 47.6 Å². The number of rotatable bonds is 4. The van der Waals surface area contributed by atoms with Crippen LogP contribution in [0.15, 0.2) is 41.0 Å². The highest BCUT2D eigenvalue weighted by atomic mass is 16.3. The van der Waals surface area contributed by atoms with Crippen molar-refractivity contribution < 1.29 is 9.21 Å². The molecular weight excluding hydrogens is 330 g/mol. The number of nitrogens with zero attached hydrogens (tertiary/aromatic N) is 5. The average Bonchev–Trinajstić information content (AvgIpc) is 3.29. The Morgan fingerprint density at radius 1 is 1.23 bits per heavy atom. The van der Waals surface area contributed by atoms with Crippen molar-refractivity contribution in [1.29, 1.82) is 0 Å². The molecule has 0 N–H and O–H groups in total. The lowest BCUT2D eigenvalue weighted by Crippen LogP contribution is -2.27. The zero-order chi connectivity index (χ0) is 18.3. The molecule has 0 saturated heterocycles. The monoisotopic (exact) mass is 349 g/mol. The highest BCUT2D eigenvalue weighted by Crippen LogP contribution is 2.25. The number of hydrogen-bond donors (Lipinski definition) is 0. The van der Waals surface area contributed by atoms with Crippen molar-refractivity contribution in [1.82, 2.24) is 24.9 Å². The lowest BCUT2D eigenvalue weighted by atomic mass is 10.0. The summed E-state index contributed by atoms with van der Waals surface area (Å²) in [6.07, 6.45) is 1.61. The van der Waals surface area contributed by atoms with Crippen LogP contribution in [0.3, 0.4) is 0 Å². The number of carbonyl (C=O) groups excluding carboxylic acids is 1. The quantitative estimate of drug-likeness (QED) is 0.566. The third-order valence-corrected chi connectivity index (χ3v) is 4.76. The number of tetrazole rings is 1. The highest BCUT2D eigenvalue weighted by molar-refractivity contribution is 5.86. The molecule has 0 fully saturated rings. The molecule has 0 bridgehead atoms. The molecule has 1 amide bonds. The largest absolute Gasteiger partial charge is 0.467 e. The second-order valence-electron chi connectivity index (χ2n) is 6.48. The fourth-order valence-corrected chi connectivity index (χ4v) is 3.20. The van der Waals surface area contributed by atoms with Gasteiger partial charge in [0.2, 0.25) is 5.91 Å². The molecule has 0 aliphatic rings. The first-order valence-electron chi connectivity index (χ1n) is 8.42. The third kappa shape index (κ3) is 2.71. The molecule has 7 heteroatoms. The normalized spacial score (nSPS) is 11.3. The molecule has 132 valence electrons. The summed E-state index contributed by atoms with van der Waals surface area (Å²) < 4.78 is 7.15. The Labute approximate surface area is 150 Å². The van der Waals surface area contributed by atoms with Crippen molar-refractivity contribution in [3.8, 4) is 0 Å². The van der Waals surface area contributed by atoms with Crippen LogP contribution in [0.2, 0.25) is 0 Å². The van der Waals surface area contributed by atoms with Gasteiger partial charge in [-0.15, -0.1) is 5.10 Å². The number of aryl methyl sites for hydroxylation is 2. The molecule has 3 aromatic heterocycles. The first kappa shape index (κ1) is 16.3. The molecule has 0 atom stereocenters. The van der Waals surface area contributed by atoms with Gasteiger partial charge in [-0.05, 0) is 53.6 Å². The summed E-state index contributed by atoms with van der Waals surface area (Å²) in [5, 5.41) is 13.3. The van der Waals surface area contributed by atoms with Gasteiger partial charge >= 0.3 is 0 Å². The first-order chi connectivity index (χ1) is 12.5. The zero-order valence-electron chi connectivity index (χ0n) is 14.9. The van der Waals surface area contributed by atoms with Gasteiger partial charge in [0.1, 0.15) is 5.76 Å². The van der Waals surface area contributed by atoms with Crippen LogP contribution in [-0.4, -0.2) is 30.8 Å². The Morgan fingerprint density at radius 2 is 2.08 bits per heavy atom. The van der Waals surface area contributed by atoms with E-state index in [0.717, 1.165) is 27.8 Å². The molecule has 26 heavy (non-hydrogen) atoms. The van der Waals surface area contributed by atoms with Crippen molar-refractivity contribution in [3.63, 3.8) is 0 Å². The number of fused-ring (bicyclic) bond motifs is 3. The van der Waals surface area contributed by atoms with Crippen LogP contribution < -0.4 is 0 Å². The van der Waals surface area contributed by atoms with Crippen molar-refractivity contribution in [2.24, 2.45) is 0 Å². The van der Waals surface area contributed by atoms with Gasteiger partial charge in [-0.3, -0.25) is 4.79 Å².